The highest BCUT2D eigenvalue weighted by atomic mass is 79.9. The van der Waals surface area contributed by atoms with E-state index in [0.717, 1.165) is 42.7 Å². The molecule has 1 unspecified atom stereocenters. The molecule has 0 N–H and O–H groups in total. The number of methoxy groups -OCH3 is 1. The van der Waals surface area contributed by atoms with E-state index in [-0.39, 0.29) is 11.9 Å². The van der Waals surface area contributed by atoms with Crippen molar-refractivity contribution in [2.24, 2.45) is 0 Å². The van der Waals surface area contributed by atoms with Gasteiger partial charge in [-0.3, -0.25) is 4.79 Å². The molecule has 116 valence electrons. The summed E-state index contributed by atoms with van der Waals surface area (Å²) in [5.74, 6) is 0.856. The SMILES string of the molecule is CCC1CN(C)CCCN1C(=O)c1ccc(OC)c(Br)c1. The van der Waals surface area contributed by atoms with E-state index >= 15 is 0 Å². The number of carbonyl (C=O) groups excluding carboxylic acids is 1. The van der Waals surface area contributed by atoms with Gasteiger partial charge in [-0.25, -0.2) is 0 Å². The Labute approximate surface area is 135 Å². The molecule has 0 spiro atoms. The first-order valence-corrected chi connectivity index (χ1v) is 8.19. The van der Waals surface area contributed by atoms with E-state index in [2.05, 4.69) is 34.8 Å². The first kappa shape index (κ1) is 16.3. The predicted octanol–water partition coefficient (Wildman–Crippen LogP) is 3.01. The summed E-state index contributed by atoms with van der Waals surface area (Å²) in [5, 5.41) is 0. The Morgan fingerprint density at radius 2 is 2.19 bits per heavy atom. The monoisotopic (exact) mass is 354 g/mol. The molecule has 1 aromatic carbocycles. The number of nitrogens with zero attached hydrogens (tertiary/aromatic N) is 2. The molecule has 1 aliphatic heterocycles. The lowest BCUT2D eigenvalue weighted by Crippen LogP contribution is -2.43. The third-order valence-corrected chi connectivity index (χ3v) is 4.65. The number of hydrogen-bond acceptors (Lipinski definition) is 3. The summed E-state index contributed by atoms with van der Waals surface area (Å²) in [6.45, 7) is 4.96. The lowest BCUT2D eigenvalue weighted by molar-refractivity contribution is 0.0675. The molecule has 1 heterocycles. The Balaban J connectivity index is 2.22. The zero-order valence-electron chi connectivity index (χ0n) is 12.9. The number of halogens is 1. The van der Waals surface area contributed by atoms with Gasteiger partial charge in [0.25, 0.3) is 5.91 Å². The zero-order valence-corrected chi connectivity index (χ0v) is 14.5. The standard InChI is InChI=1S/C16H23BrN2O2/c1-4-13-11-18(2)8-5-9-19(13)16(20)12-6-7-15(21-3)14(17)10-12/h6-7,10,13H,4-5,8-9,11H2,1-3H3. The van der Waals surface area contributed by atoms with E-state index in [1.165, 1.54) is 0 Å². The summed E-state index contributed by atoms with van der Waals surface area (Å²) >= 11 is 3.45. The molecule has 0 bridgehead atoms. The van der Waals surface area contributed by atoms with Crippen LogP contribution in [0.4, 0.5) is 0 Å². The molecule has 0 radical (unpaired) electrons. The molecule has 2 rings (SSSR count). The molecule has 4 nitrogen and oxygen atoms in total. The van der Waals surface area contributed by atoms with Gasteiger partial charge in [0.2, 0.25) is 0 Å². The highest BCUT2D eigenvalue weighted by Crippen LogP contribution is 2.27. The normalized spacial score (nSPS) is 20.2. The minimum atomic E-state index is 0.112. The predicted molar refractivity (Wildman–Crippen MR) is 87.9 cm³/mol. The minimum absolute atomic E-state index is 0.112. The van der Waals surface area contributed by atoms with Crippen LogP contribution in [0.3, 0.4) is 0 Å². The van der Waals surface area contributed by atoms with Crippen LogP contribution in [-0.4, -0.2) is 55.5 Å². The lowest BCUT2D eigenvalue weighted by atomic mass is 10.1. The quantitative estimate of drug-likeness (QED) is 0.836. The van der Waals surface area contributed by atoms with Gasteiger partial charge in [0, 0.05) is 24.7 Å². The molecule has 1 atom stereocenters. The number of likely N-dealkylation sites (N-methyl/N-ethyl adjacent to an activating group) is 1. The van der Waals surface area contributed by atoms with Crippen LogP contribution in [0.5, 0.6) is 5.75 Å². The van der Waals surface area contributed by atoms with Crippen LogP contribution < -0.4 is 4.74 Å². The van der Waals surface area contributed by atoms with Crippen LogP contribution in [0.1, 0.15) is 30.1 Å². The number of hydrogen-bond donors (Lipinski definition) is 0. The van der Waals surface area contributed by atoms with Crippen molar-refractivity contribution in [3.05, 3.63) is 28.2 Å². The van der Waals surface area contributed by atoms with Crippen LogP contribution in [0.15, 0.2) is 22.7 Å². The van der Waals surface area contributed by atoms with Gasteiger partial charge in [-0.2, -0.15) is 0 Å². The maximum Gasteiger partial charge on any atom is 0.254 e. The van der Waals surface area contributed by atoms with Gasteiger partial charge >= 0.3 is 0 Å². The van der Waals surface area contributed by atoms with Crippen molar-refractivity contribution >= 4 is 21.8 Å². The fraction of sp³-hybridized carbons (Fsp3) is 0.562. The number of rotatable bonds is 3. The second-order valence-corrected chi connectivity index (χ2v) is 6.38. The summed E-state index contributed by atoms with van der Waals surface area (Å²) in [6, 6.07) is 5.81. The average Bonchev–Trinajstić information content (AvgIpc) is 2.67. The van der Waals surface area contributed by atoms with Gasteiger partial charge in [0.1, 0.15) is 5.75 Å². The Kier molecular flexibility index (Phi) is 5.65. The van der Waals surface area contributed by atoms with Crippen molar-refractivity contribution in [1.29, 1.82) is 0 Å². The average molecular weight is 355 g/mol. The van der Waals surface area contributed by atoms with Gasteiger partial charge in [-0.15, -0.1) is 0 Å². The third kappa shape index (κ3) is 3.77. The molecule has 0 aromatic heterocycles. The number of carbonyl (C=O) groups is 1. The van der Waals surface area contributed by atoms with Gasteiger partial charge in [0.15, 0.2) is 0 Å². The van der Waals surface area contributed by atoms with E-state index in [4.69, 9.17) is 4.74 Å². The van der Waals surface area contributed by atoms with Crippen LogP contribution in [0, 0.1) is 0 Å². The Bertz CT molecular complexity index is 507. The zero-order chi connectivity index (χ0) is 15.4. The summed E-state index contributed by atoms with van der Waals surface area (Å²) in [4.78, 5) is 17.2. The van der Waals surface area contributed by atoms with Crippen LogP contribution in [0.2, 0.25) is 0 Å². The molecular weight excluding hydrogens is 332 g/mol. The van der Waals surface area contributed by atoms with Crippen LogP contribution in [0.25, 0.3) is 0 Å². The third-order valence-electron chi connectivity index (χ3n) is 4.03. The smallest absolute Gasteiger partial charge is 0.254 e. The van der Waals surface area contributed by atoms with E-state index < -0.39 is 0 Å². The molecule has 1 fully saturated rings. The van der Waals surface area contributed by atoms with Crippen molar-refractivity contribution in [1.82, 2.24) is 9.80 Å². The molecular formula is C16H23BrN2O2. The fourth-order valence-electron chi connectivity index (χ4n) is 2.83. The number of benzene rings is 1. The molecule has 21 heavy (non-hydrogen) atoms. The topological polar surface area (TPSA) is 32.8 Å². The summed E-state index contributed by atoms with van der Waals surface area (Å²) in [6.07, 6.45) is 2.00. The van der Waals surface area contributed by atoms with Gasteiger partial charge in [-0.1, -0.05) is 6.92 Å². The van der Waals surface area contributed by atoms with Crippen molar-refractivity contribution in [2.75, 3.05) is 33.8 Å². The summed E-state index contributed by atoms with van der Waals surface area (Å²) < 4.78 is 6.04. The van der Waals surface area contributed by atoms with E-state index in [1.54, 1.807) is 7.11 Å². The van der Waals surface area contributed by atoms with Crippen molar-refractivity contribution < 1.29 is 9.53 Å². The van der Waals surface area contributed by atoms with Gasteiger partial charge < -0.3 is 14.5 Å². The molecule has 0 aliphatic carbocycles. The highest BCUT2D eigenvalue weighted by Gasteiger charge is 2.27. The molecule has 1 aromatic rings. The largest absolute Gasteiger partial charge is 0.496 e. The molecule has 1 saturated heterocycles. The Hall–Kier alpha value is -1.07. The minimum Gasteiger partial charge on any atom is -0.496 e. The Morgan fingerprint density at radius 3 is 2.81 bits per heavy atom. The number of ether oxygens (including phenoxy) is 1. The number of amides is 1. The van der Waals surface area contributed by atoms with Crippen LogP contribution in [-0.2, 0) is 0 Å². The first-order chi connectivity index (χ1) is 10.1. The lowest BCUT2D eigenvalue weighted by Gasteiger charge is -2.30. The highest BCUT2D eigenvalue weighted by molar-refractivity contribution is 9.10. The molecule has 1 amide bonds. The van der Waals surface area contributed by atoms with Crippen molar-refractivity contribution in [3.63, 3.8) is 0 Å². The summed E-state index contributed by atoms with van der Waals surface area (Å²) in [5.41, 5.74) is 0.714. The fourth-order valence-corrected chi connectivity index (χ4v) is 3.37. The van der Waals surface area contributed by atoms with Crippen LogP contribution >= 0.6 is 15.9 Å². The second-order valence-electron chi connectivity index (χ2n) is 5.53. The van der Waals surface area contributed by atoms with Gasteiger partial charge in [-0.05, 0) is 60.6 Å². The Morgan fingerprint density at radius 1 is 1.43 bits per heavy atom. The molecule has 0 saturated carbocycles. The van der Waals surface area contributed by atoms with Gasteiger partial charge in [0.05, 0.1) is 11.6 Å². The van der Waals surface area contributed by atoms with Crippen molar-refractivity contribution in [2.45, 2.75) is 25.8 Å². The second kappa shape index (κ2) is 7.27. The molecule has 1 aliphatic rings. The van der Waals surface area contributed by atoms with E-state index in [0.29, 0.717) is 5.56 Å². The maximum atomic E-state index is 12.8. The van der Waals surface area contributed by atoms with Crippen molar-refractivity contribution in [3.8, 4) is 5.75 Å². The summed E-state index contributed by atoms with van der Waals surface area (Å²) in [7, 11) is 3.75. The van der Waals surface area contributed by atoms with E-state index in [1.807, 2.05) is 23.1 Å². The maximum absolute atomic E-state index is 12.8. The van der Waals surface area contributed by atoms with E-state index in [9.17, 15) is 4.79 Å². The first-order valence-electron chi connectivity index (χ1n) is 7.39. The molecule has 5 heteroatoms.